The number of halogens is 1. The second kappa shape index (κ2) is 4.75. The second-order valence-corrected chi connectivity index (χ2v) is 6.45. The van der Waals surface area contributed by atoms with E-state index < -0.39 is 28.1 Å². The summed E-state index contributed by atoms with van der Waals surface area (Å²) in [7, 11) is -2.73. The Hall–Kier alpha value is -1.16. The number of aromatic nitrogens is 2. The standard InChI is InChI=1S/C9H12ClN3O5S/c1-12-8(6(10)3-11-12)19(17,18)13-4-5(14)2-7(13)9(15)16/h3,5,7,14H,2,4H2,1H3,(H,15,16)/t5-,7+/m1/s1. The maximum Gasteiger partial charge on any atom is 0.322 e. The number of carbonyl (C=O) groups is 1. The number of β-amino-alcohol motifs (C(OH)–C–C–N with tert-alkyl or cyclic N) is 1. The Bertz CT molecular complexity index is 594. The van der Waals surface area contributed by atoms with Crippen molar-refractivity contribution in [2.75, 3.05) is 6.54 Å². The maximum atomic E-state index is 12.4. The zero-order chi connectivity index (χ0) is 14.4. The van der Waals surface area contributed by atoms with Crippen LogP contribution in [0.4, 0.5) is 0 Å². The SMILES string of the molecule is Cn1ncc(Cl)c1S(=O)(=O)N1C[C@H](O)C[C@H]1C(=O)O. The molecule has 0 aliphatic carbocycles. The van der Waals surface area contributed by atoms with E-state index in [-0.39, 0.29) is 23.0 Å². The van der Waals surface area contributed by atoms with Crippen molar-refractivity contribution in [1.82, 2.24) is 14.1 Å². The van der Waals surface area contributed by atoms with Gasteiger partial charge in [-0.15, -0.1) is 0 Å². The van der Waals surface area contributed by atoms with Gasteiger partial charge in [0.2, 0.25) is 0 Å². The fourth-order valence-electron chi connectivity index (χ4n) is 2.08. The quantitative estimate of drug-likeness (QED) is 0.762. The molecule has 2 rings (SSSR count). The molecular formula is C9H12ClN3O5S. The molecule has 1 aromatic heterocycles. The van der Waals surface area contributed by atoms with Crippen LogP contribution >= 0.6 is 11.6 Å². The topological polar surface area (TPSA) is 113 Å². The molecule has 0 aromatic carbocycles. The summed E-state index contributed by atoms with van der Waals surface area (Å²) in [6.07, 6.45) is 0.00341. The van der Waals surface area contributed by atoms with Crippen molar-refractivity contribution in [2.45, 2.75) is 23.6 Å². The summed E-state index contributed by atoms with van der Waals surface area (Å²) in [4.78, 5) is 11.1. The molecule has 2 N–H and O–H groups in total. The summed E-state index contributed by atoms with van der Waals surface area (Å²) in [5.41, 5.74) is 0. The highest BCUT2D eigenvalue weighted by Gasteiger charge is 2.45. The van der Waals surface area contributed by atoms with E-state index in [1.807, 2.05) is 0 Å². The molecule has 106 valence electrons. The monoisotopic (exact) mass is 309 g/mol. The van der Waals surface area contributed by atoms with Crippen molar-refractivity contribution in [1.29, 1.82) is 0 Å². The summed E-state index contributed by atoms with van der Waals surface area (Å²) in [5.74, 6) is -1.31. The van der Waals surface area contributed by atoms with Crippen LogP contribution in [0.15, 0.2) is 11.2 Å². The lowest BCUT2D eigenvalue weighted by molar-refractivity contribution is -0.140. The Labute approximate surface area is 114 Å². The first-order chi connectivity index (χ1) is 8.75. The average Bonchev–Trinajstić information content (AvgIpc) is 2.83. The molecule has 1 aliphatic heterocycles. The van der Waals surface area contributed by atoms with Crippen molar-refractivity contribution in [3.05, 3.63) is 11.2 Å². The average molecular weight is 310 g/mol. The van der Waals surface area contributed by atoms with Crippen LogP contribution in [0.25, 0.3) is 0 Å². The van der Waals surface area contributed by atoms with Crippen LogP contribution in [0.5, 0.6) is 0 Å². The summed E-state index contributed by atoms with van der Waals surface area (Å²) in [6.45, 7) is -0.277. The molecule has 19 heavy (non-hydrogen) atoms. The van der Waals surface area contributed by atoms with Gasteiger partial charge in [0.1, 0.15) is 6.04 Å². The lowest BCUT2D eigenvalue weighted by Crippen LogP contribution is -2.41. The van der Waals surface area contributed by atoms with Crippen LogP contribution in [0, 0.1) is 0 Å². The van der Waals surface area contributed by atoms with E-state index in [0.717, 1.165) is 15.2 Å². The van der Waals surface area contributed by atoms with Crippen molar-refractivity contribution in [3.63, 3.8) is 0 Å². The summed E-state index contributed by atoms with van der Waals surface area (Å²) in [6, 6.07) is -1.30. The zero-order valence-corrected chi connectivity index (χ0v) is 11.5. The second-order valence-electron chi connectivity index (χ2n) is 4.24. The van der Waals surface area contributed by atoms with Gasteiger partial charge in [-0.25, -0.2) is 8.42 Å². The number of nitrogens with zero attached hydrogens (tertiary/aromatic N) is 3. The predicted molar refractivity (Wildman–Crippen MR) is 64.2 cm³/mol. The fraction of sp³-hybridized carbons (Fsp3) is 0.556. The Morgan fingerprint density at radius 2 is 2.21 bits per heavy atom. The number of rotatable bonds is 3. The molecule has 0 unspecified atom stereocenters. The van der Waals surface area contributed by atoms with Crippen molar-refractivity contribution < 1.29 is 23.4 Å². The zero-order valence-electron chi connectivity index (χ0n) is 9.89. The first-order valence-corrected chi connectivity index (χ1v) is 7.17. The van der Waals surface area contributed by atoms with Gasteiger partial charge in [-0.3, -0.25) is 9.48 Å². The van der Waals surface area contributed by atoms with Gasteiger partial charge < -0.3 is 10.2 Å². The molecule has 0 spiro atoms. The molecule has 0 radical (unpaired) electrons. The Kier molecular flexibility index (Phi) is 3.56. The van der Waals surface area contributed by atoms with E-state index in [4.69, 9.17) is 16.7 Å². The van der Waals surface area contributed by atoms with E-state index in [2.05, 4.69) is 5.10 Å². The molecule has 0 amide bonds. The van der Waals surface area contributed by atoms with E-state index in [1.54, 1.807) is 0 Å². The molecule has 1 aliphatic rings. The minimum absolute atomic E-state index is 0.0898. The number of aryl methyl sites for hydroxylation is 1. The number of aliphatic hydroxyl groups is 1. The normalized spacial score (nSPS) is 24.8. The maximum absolute atomic E-state index is 12.4. The molecular weight excluding hydrogens is 298 g/mol. The van der Waals surface area contributed by atoms with E-state index >= 15 is 0 Å². The van der Waals surface area contributed by atoms with Gasteiger partial charge >= 0.3 is 5.97 Å². The van der Waals surface area contributed by atoms with Gasteiger partial charge in [-0.05, 0) is 0 Å². The van der Waals surface area contributed by atoms with Gasteiger partial charge in [0.25, 0.3) is 10.0 Å². The van der Waals surface area contributed by atoms with Crippen molar-refractivity contribution in [2.24, 2.45) is 7.05 Å². The van der Waals surface area contributed by atoms with Gasteiger partial charge in [0.05, 0.1) is 17.3 Å². The molecule has 2 heterocycles. The lowest BCUT2D eigenvalue weighted by atomic mass is 10.2. The Morgan fingerprint density at radius 1 is 1.58 bits per heavy atom. The first-order valence-electron chi connectivity index (χ1n) is 5.35. The van der Waals surface area contributed by atoms with E-state index in [0.29, 0.717) is 0 Å². The van der Waals surface area contributed by atoms with Crippen LogP contribution in [0.3, 0.4) is 0 Å². The van der Waals surface area contributed by atoms with Crippen LogP contribution in [0.1, 0.15) is 6.42 Å². The van der Waals surface area contributed by atoms with Crippen LogP contribution in [-0.4, -0.2) is 57.4 Å². The number of aliphatic carboxylic acids is 1. The highest BCUT2D eigenvalue weighted by Crippen LogP contribution is 2.29. The lowest BCUT2D eigenvalue weighted by Gasteiger charge is -2.20. The third kappa shape index (κ3) is 2.34. The highest BCUT2D eigenvalue weighted by molar-refractivity contribution is 7.89. The molecule has 2 atom stereocenters. The van der Waals surface area contributed by atoms with Gasteiger partial charge in [-0.1, -0.05) is 11.6 Å². The van der Waals surface area contributed by atoms with E-state index in [9.17, 15) is 18.3 Å². The molecule has 0 saturated carbocycles. The van der Waals surface area contributed by atoms with Crippen molar-refractivity contribution >= 4 is 27.6 Å². The van der Waals surface area contributed by atoms with Gasteiger partial charge in [0, 0.05) is 20.0 Å². The Morgan fingerprint density at radius 3 is 2.68 bits per heavy atom. The molecule has 8 nitrogen and oxygen atoms in total. The molecule has 0 bridgehead atoms. The number of carboxylic acids is 1. The van der Waals surface area contributed by atoms with Gasteiger partial charge in [0.15, 0.2) is 5.03 Å². The number of hydrogen-bond donors (Lipinski definition) is 2. The minimum Gasteiger partial charge on any atom is -0.480 e. The van der Waals surface area contributed by atoms with E-state index in [1.165, 1.54) is 7.05 Å². The smallest absolute Gasteiger partial charge is 0.322 e. The first kappa shape index (κ1) is 14.3. The summed E-state index contributed by atoms with van der Waals surface area (Å²) in [5, 5.41) is 21.9. The highest BCUT2D eigenvalue weighted by atomic mass is 35.5. The Balaban J connectivity index is 2.48. The molecule has 10 heteroatoms. The molecule has 1 aromatic rings. The number of aliphatic hydroxyl groups excluding tert-OH is 1. The fourth-order valence-corrected chi connectivity index (χ4v) is 4.32. The van der Waals surface area contributed by atoms with Crippen LogP contribution in [0.2, 0.25) is 5.02 Å². The number of hydrogen-bond acceptors (Lipinski definition) is 5. The predicted octanol–water partition coefficient (Wildman–Crippen LogP) is -0.718. The van der Waals surface area contributed by atoms with Crippen LogP contribution < -0.4 is 0 Å². The largest absolute Gasteiger partial charge is 0.480 e. The minimum atomic E-state index is -4.12. The summed E-state index contributed by atoms with van der Waals surface area (Å²) < 4.78 is 26.6. The number of sulfonamides is 1. The third-order valence-electron chi connectivity index (χ3n) is 2.91. The molecule has 1 fully saturated rings. The van der Waals surface area contributed by atoms with Crippen LogP contribution in [-0.2, 0) is 21.9 Å². The summed E-state index contributed by atoms with van der Waals surface area (Å²) >= 11 is 5.77. The third-order valence-corrected chi connectivity index (χ3v) is 5.30. The van der Waals surface area contributed by atoms with Gasteiger partial charge in [-0.2, -0.15) is 9.40 Å². The number of carboxylic acid groups (broad SMARTS) is 1. The van der Waals surface area contributed by atoms with Crippen molar-refractivity contribution in [3.8, 4) is 0 Å². The molecule has 1 saturated heterocycles.